The lowest BCUT2D eigenvalue weighted by Crippen LogP contribution is -2.60. The van der Waals surface area contributed by atoms with E-state index >= 15 is 0 Å². The maximum Gasteiger partial charge on any atom is 0.406 e. The predicted molar refractivity (Wildman–Crippen MR) is 63.1 cm³/mol. The Hall–Kier alpha value is -1.61. The minimum Gasteiger partial charge on any atom is -0.362 e. The molecule has 21 heavy (non-hydrogen) atoms. The number of nitrogens with one attached hydrogen (secondary N) is 1. The molecule has 1 unspecified atom stereocenters. The Morgan fingerprint density at radius 2 is 2.00 bits per heavy atom. The zero-order valence-electron chi connectivity index (χ0n) is 10.1. The molecule has 1 atom stereocenters. The molecule has 0 saturated carbocycles. The van der Waals surface area contributed by atoms with E-state index in [1.54, 1.807) is 0 Å². The summed E-state index contributed by atoms with van der Waals surface area (Å²) in [4.78, 5) is 11.3. The van der Waals surface area contributed by atoms with Crippen LogP contribution in [-0.2, 0) is 5.72 Å². The van der Waals surface area contributed by atoms with E-state index in [0.717, 1.165) is 12.1 Å². The number of aliphatic hydroxyl groups is 1. The zero-order valence-corrected chi connectivity index (χ0v) is 10.8. The van der Waals surface area contributed by atoms with Crippen LogP contribution in [0.2, 0.25) is 5.02 Å². The van der Waals surface area contributed by atoms with Crippen LogP contribution < -0.4 is 5.32 Å². The summed E-state index contributed by atoms with van der Waals surface area (Å²) in [5.41, 5.74) is -4.25. The highest BCUT2D eigenvalue weighted by molar-refractivity contribution is 6.30. The fraction of sp³-hybridized carbons (Fsp3) is 0.364. The van der Waals surface area contributed by atoms with Crippen molar-refractivity contribution in [3.8, 4) is 0 Å². The lowest BCUT2D eigenvalue weighted by atomic mass is 9.97. The van der Waals surface area contributed by atoms with Gasteiger partial charge in [-0.3, -0.25) is 4.90 Å². The summed E-state index contributed by atoms with van der Waals surface area (Å²) in [7, 11) is 0. The second-order valence-corrected chi connectivity index (χ2v) is 4.78. The van der Waals surface area contributed by atoms with Crippen molar-refractivity contribution in [2.45, 2.75) is 18.3 Å². The van der Waals surface area contributed by atoms with E-state index < -0.39 is 36.5 Å². The van der Waals surface area contributed by atoms with E-state index in [4.69, 9.17) is 11.6 Å². The standard InChI is InChI=1S/C11H8ClF5N2O2/c12-5-1-2-7-6(3-5)11(21,8(13)14)19(9(20)18-7)4-10(15,16)17/h1-3,8,21H,4H2,(H,18,20). The van der Waals surface area contributed by atoms with E-state index in [1.807, 2.05) is 5.32 Å². The van der Waals surface area contributed by atoms with Gasteiger partial charge in [-0.2, -0.15) is 13.2 Å². The van der Waals surface area contributed by atoms with Crippen LogP contribution in [0.4, 0.5) is 32.4 Å². The molecule has 2 N–H and O–H groups in total. The molecular formula is C11H8ClF5N2O2. The van der Waals surface area contributed by atoms with Crippen LogP contribution in [0.1, 0.15) is 5.56 Å². The average molecular weight is 331 g/mol. The maximum absolute atomic E-state index is 13.2. The highest BCUT2D eigenvalue weighted by atomic mass is 35.5. The lowest BCUT2D eigenvalue weighted by molar-refractivity contribution is -0.223. The number of fused-ring (bicyclic) bond motifs is 1. The van der Waals surface area contributed by atoms with Gasteiger partial charge in [0.05, 0.1) is 5.69 Å². The fourth-order valence-corrected chi connectivity index (χ4v) is 2.19. The number of amides is 2. The molecule has 1 aliphatic rings. The molecule has 0 aromatic heterocycles. The third-order valence-corrected chi connectivity index (χ3v) is 3.15. The number of rotatable bonds is 2. The number of benzene rings is 1. The van der Waals surface area contributed by atoms with Crippen LogP contribution in [-0.4, -0.2) is 35.2 Å². The van der Waals surface area contributed by atoms with Crippen molar-refractivity contribution in [1.29, 1.82) is 0 Å². The second-order valence-electron chi connectivity index (χ2n) is 4.35. The fourth-order valence-electron chi connectivity index (χ4n) is 2.02. The minimum absolute atomic E-state index is 0.0732. The molecule has 0 radical (unpaired) electrons. The van der Waals surface area contributed by atoms with Crippen molar-refractivity contribution < 1.29 is 31.9 Å². The quantitative estimate of drug-likeness (QED) is 0.818. The molecule has 116 valence electrons. The number of halogens is 6. The Balaban J connectivity index is 2.60. The van der Waals surface area contributed by atoms with Gasteiger partial charge in [-0.1, -0.05) is 11.6 Å². The average Bonchev–Trinajstić information content (AvgIpc) is 2.34. The van der Waals surface area contributed by atoms with Crippen molar-refractivity contribution in [1.82, 2.24) is 4.90 Å². The van der Waals surface area contributed by atoms with Gasteiger partial charge in [0, 0.05) is 10.6 Å². The third kappa shape index (κ3) is 2.75. The molecule has 10 heteroatoms. The van der Waals surface area contributed by atoms with E-state index in [-0.39, 0.29) is 15.6 Å². The molecule has 1 aromatic carbocycles. The van der Waals surface area contributed by atoms with E-state index in [2.05, 4.69) is 0 Å². The highest BCUT2D eigenvalue weighted by Gasteiger charge is 2.55. The summed E-state index contributed by atoms with van der Waals surface area (Å²) in [5, 5.41) is 12.0. The number of anilines is 1. The molecule has 2 amide bonds. The molecule has 0 aliphatic carbocycles. The monoisotopic (exact) mass is 330 g/mol. The number of nitrogens with zero attached hydrogens (tertiary/aromatic N) is 1. The molecule has 4 nitrogen and oxygen atoms in total. The number of hydrogen-bond donors (Lipinski definition) is 2. The van der Waals surface area contributed by atoms with Gasteiger partial charge >= 0.3 is 12.2 Å². The number of hydrogen-bond acceptors (Lipinski definition) is 2. The van der Waals surface area contributed by atoms with Crippen LogP contribution in [0.3, 0.4) is 0 Å². The van der Waals surface area contributed by atoms with Gasteiger partial charge in [0.2, 0.25) is 5.72 Å². The summed E-state index contributed by atoms with van der Waals surface area (Å²) < 4.78 is 63.9. The molecule has 1 aliphatic heterocycles. The van der Waals surface area contributed by atoms with E-state index in [1.165, 1.54) is 6.07 Å². The Bertz CT molecular complexity index is 580. The first kappa shape index (κ1) is 15.8. The molecule has 0 bridgehead atoms. The summed E-state index contributed by atoms with van der Waals surface area (Å²) >= 11 is 5.62. The van der Waals surface area contributed by atoms with Crippen LogP contribution >= 0.6 is 11.6 Å². The van der Waals surface area contributed by atoms with Crippen LogP contribution in [0.5, 0.6) is 0 Å². The topological polar surface area (TPSA) is 52.6 Å². The Morgan fingerprint density at radius 1 is 1.38 bits per heavy atom. The van der Waals surface area contributed by atoms with Gasteiger partial charge in [-0.05, 0) is 18.2 Å². The molecule has 2 rings (SSSR count). The smallest absolute Gasteiger partial charge is 0.362 e. The lowest BCUT2D eigenvalue weighted by Gasteiger charge is -2.43. The van der Waals surface area contributed by atoms with Crippen molar-refractivity contribution in [2.75, 3.05) is 11.9 Å². The third-order valence-electron chi connectivity index (χ3n) is 2.92. The molecular weight excluding hydrogens is 323 g/mol. The number of alkyl halides is 5. The Labute approximate surface area is 120 Å². The van der Waals surface area contributed by atoms with Gasteiger partial charge in [0.1, 0.15) is 6.54 Å². The molecule has 0 saturated heterocycles. The SMILES string of the molecule is O=C1Nc2ccc(Cl)cc2C(O)(C(F)F)N1CC(F)(F)F. The normalized spacial score (nSPS) is 22.3. The zero-order chi connectivity index (χ0) is 16.0. The summed E-state index contributed by atoms with van der Waals surface area (Å²) in [5.74, 6) is 0. The molecule has 1 aromatic rings. The van der Waals surface area contributed by atoms with Crippen LogP contribution in [0.15, 0.2) is 18.2 Å². The van der Waals surface area contributed by atoms with Crippen molar-refractivity contribution >= 4 is 23.3 Å². The van der Waals surface area contributed by atoms with Gasteiger partial charge in [0.15, 0.2) is 0 Å². The molecule has 0 fully saturated rings. The minimum atomic E-state index is -4.96. The van der Waals surface area contributed by atoms with Gasteiger partial charge in [0.25, 0.3) is 6.43 Å². The maximum atomic E-state index is 13.2. The van der Waals surface area contributed by atoms with Gasteiger partial charge in [-0.25, -0.2) is 13.6 Å². The Kier molecular flexibility index (Phi) is 3.75. The first-order valence-electron chi connectivity index (χ1n) is 5.51. The summed E-state index contributed by atoms with van der Waals surface area (Å²) in [6, 6.07) is 1.76. The van der Waals surface area contributed by atoms with Crippen molar-refractivity contribution in [3.63, 3.8) is 0 Å². The number of carbonyl (C=O) groups excluding carboxylic acids is 1. The molecule has 0 spiro atoms. The highest BCUT2D eigenvalue weighted by Crippen LogP contribution is 2.42. The van der Waals surface area contributed by atoms with Gasteiger partial charge < -0.3 is 10.4 Å². The first-order chi connectivity index (χ1) is 9.55. The summed E-state index contributed by atoms with van der Waals surface area (Å²) in [6.07, 6.45) is -8.63. The number of carbonyl (C=O) groups is 1. The van der Waals surface area contributed by atoms with E-state index in [9.17, 15) is 31.9 Å². The van der Waals surface area contributed by atoms with Crippen LogP contribution in [0, 0.1) is 0 Å². The van der Waals surface area contributed by atoms with Crippen molar-refractivity contribution in [3.05, 3.63) is 28.8 Å². The van der Waals surface area contributed by atoms with E-state index in [0.29, 0.717) is 0 Å². The predicted octanol–water partition coefficient (Wildman–Crippen LogP) is 3.16. The van der Waals surface area contributed by atoms with Gasteiger partial charge in [-0.15, -0.1) is 0 Å². The Morgan fingerprint density at radius 3 is 2.52 bits per heavy atom. The summed E-state index contributed by atoms with van der Waals surface area (Å²) in [6.45, 7) is -2.04. The number of urea groups is 1. The van der Waals surface area contributed by atoms with Crippen LogP contribution in [0.25, 0.3) is 0 Å². The molecule has 1 heterocycles. The first-order valence-corrected chi connectivity index (χ1v) is 5.89. The largest absolute Gasteiger partial charge is 0.406 e. The second kappa shape index (κ2) is 4.99. The van der Waals surface area contributed by atoms with Crippen molar-refractivity contribution in [2.24, 2.45) is 0 Å².